The third kappa shape index (κ3) is 3.51. The summed E-state index contributed by atoms with van der Waals surface area (Å²) in [5.41, 5.74) is 2.92. The molecule has 0 aliphatic carbocycles. The van der Waals surface area contributed by atoms with Gasteiger partial charge in [-0.3, -0.25) is 4.79 Å². The van der Waals surface area contributed by atoms with Gasteiger partial charge in [-0.1, -0.05) is 30.3 Å². The molecule has 1 aliphatic heterocycles. The van der Waals surface area contributed by atoms with Crippen molar-refractivity contribution in [3.05, 3.63) is 65.4 Å². The fraction of sp³-hybridized carbons (Fsp3) is 0.273. The van der Waals surface area contributed by atoms with Crippen molar-refractivity contribution in [1.82, 2.24) is 9.78 Å². The van der Waals surface area contributed by atoms with E-state index in [4.69, 9.17) is 14.2 Å². The van der Waals surface area contributed by atoms with Gasteiger partial charge in [-0.15, -0.1) is 0 Å². The van der Waals surface area contributed by atoms with Crippen LogP contribution in [0.15, 0.2) is 48.7 Å². The molecule has 2 heterocycles. The number of anilines is 1. The molecule has 0 bridgehead atoms. The number of rotatable bonds is 6. The number of fused-ring (bicyclic) bond motifs is 1. The number of nitrogens with zero attached hydrogens (tertiary/aromatic N) is 2. The zero-order chi connectivity index (χ0) is 20.4. The Labute approximate surface area is 169 Å². The maximum absolute atomic E-state index is 12.5. The monoisotopic (exact) mass is 393 g/mol. The van der Waals surface area contributed by atoms with Crippen LogP contribution >= 0.6 is 0 Å². The lowest BCUT2D eigenvalue weighted by Gasteiger charge is -2.26. The van der Waals surface area contributed by atoms with E-state index in [1.807, 2.05) is 47.3 Å². The van der Waals surface area contributed by atoms with Crippen LogP contribution in [-0.4, -0.2) is 37.0 Å². The average molecular weight is 393 g/mol. The number of carbonyl (C=O) groups is 1. The fourth-order valence-electron chi connectivity index (χ4n) is 3.75. The van der Waals surface area contributed by atoms with Gasteiger partial charge >= 0.3 is 0 Å². The standard InChI is InChI=1S/C22H23N3O4/c1-27-18-11-20(29-3)19(28-2)9-16(18)15-10-21(26)24-22-17(15)12-23-25(22)13-14-7-5-4-6-8-14/h4-9,11-12,15H,10,13H2,1-3H3,(H,24,26)/t15-/m1/s1. The molecular formula is C22H23N3O4. The lowest BCUT2D eigenvalue weighted by atomic mass is 9.86. The predicted octanol–water partition coefficient (Wildman–Crippen LogP) is 3.43. The maximum Gasteiger partial charge on any atom is 0.226 e. The molecule has 7 nitrogen and oxygen atoms in total. The Morgan fingerprint density at radius 2 is 1.69 bits per heavy atom. The molecule has 4 rings (SSSR count). The molecule has 0 unspecified atom stereocenters. The maximum atomic E-state index is 12.5. The van der Waals surface area contributed by atoms with Gasteiger partial charge in [0.2, 0.25) is 5.91 Å². The molecule has 1 amide bonds. The first-order chi connectivity index (χ1) is 14.1. The lowest BCUT2D eigenvalue weighted by molar-refractivity contribution is -0.116. The van der Waals surface area contributed by atoms with E-state index in [1.165, 1.54) is 0 Å². The Morgan fingerprint density at radius 1 is 1.00 bits per heavy atom. The Hall–Kier alpha value is -3.48. The van der Waals surface area contributed by atoms with Crippen molar-refractivity contribution in [2.45, 2.75) is 18.9 Å². The van der Waals surface area contributed by atoms with Crippen LogP contribution in [0.4, 0.5) is 5.82 Å². The minimum absolute atomic E-state index is 0.0610. The molecule has 1 N–H and O–H groups in total. The van der Waals surface area contributed by atoms with Crippen molar-refractivity contribution in [2.75, 3.05) is 26.6 Å². The molecule has 150 valence electrons. The molecule has 0 saturated heterocycles. The van der Waals surface area contributed by atoms with Crippen molar-refractivity contribution in [1.29, 1.82) is 0 Å². The van der Waals surface area contributed by atoms with E-state index in [1.54, 1.807) is 27.4 Å². The summed E-state index contributed by atoms with van der Waals surface area (Å²) >= 11 is 0. The van der Waals surface area contributed by atoms with Gasteiger partial charge < -0.3 is 19.5 Å². The lowest BCUT2D eigenvalue weighted by Crippen LogP contribution is -2.25. The first-order valence-electron chi connectivity index (χ1n) is 9.34. The zero-order valence-corrected chi connectivity index (χ0v) is 16.6. The van der Waals surface area contributed by atoms with Crippen LogP contribution in [0.2, 0.25) is 0 Å². The third-order valence-corrected chi connectivity index (χ3v) is 5.18. The molecular weight excluding hydrogens is 370 g/mol. The SMILES string of the molecule is COc1cc(OC)c([C@H]2CC(=O)Nc3c2cnn3Cc2ccccc2)cc1OC. The zero-order valence-electron chi connectivity index (χ0n) is 16.6. The first kappa shape index (κ1) is 18.9. The summed E-state index contributed by atoms with van der Waals surface area (Å²) in [7, 11) is 4.77. The smallest absolute Gasteiger partial charge is 0.226 e. The average Bonchev–Trinajstić information content (AvgIpc) is 3.15. The van der Waals surface area contributed by atoms with Crippen molar-refractivity contribution in [2.24, 2.45) is 0 Å². The van der Waals surface area contributed by atoms with Crippen LogP contribution in [-0.2, 0) is 11.3 Å². The van der Waals surface area contributed by atoms with E-state index in [-0.39, 0.29) is 11.8 Å². The quantitative estimate of drug-likeness (QED) is 0.695. The summed E-state index contributed by atoms with van der Waals surface area (Å²) in [6.07, 6.45) is 2.12. The molecule has 1 aromatic heterocycles. The molecule has 2 aromatic carbocycles. The van der Waals surface area contributed by atoms with Gasteiger partial charge in [-0.2, -0.15) is 5.10 Å². The molecule has 1 atom stereocenters. The van der Waals surface area contributed by atoms with Gasteiger partial charge in [0.05, 0.1) is 34.1 Å². The minimum atomic E-state index is -0.196. The van der Waals surface area contributed by atoms with E-state index < -0.39 is 0 Å². The van der Waals surface area contributed by atoms with E-state index in [0.717, 1.165) is 16.7 Å². The van der Waals surface area contributed by atoms with Gasteiger partial charge in [0.1, 0.15) is 11.6 Å². The molecule has 3 aromatic rings. The second-order valence-electron chi connectivity index (χ2n) is 6.85. The van der Waals surface area contributed by atoms with Gasteiger partial charge in [0, 0.05) is 29.5 Å². The van der Waals surface area contributed by atoms with Gasteiger partial charge in [0.15, 0.2) is 11.5 Å². The van der Waals surface area contributed by atoms with Gasteiger partial charge in [0.25, 0.3) is 0 Å². The second kappa shape index (κ2) is 7.87. The van der Waals surface area contributed by atoms with Crippen molar-refractivity contribution in [3.8, 4) is 17.2 Å². The van der Waals surface area contributed by atoms with E-state index in [2.05, 4.69) is 10.4 Å². The largest absolute Gasteiger partial charge is 0.496 e. The van der Waals surface area contributed by atoms with Gasteiger partial charge in [-0.25, -0.2) is 4.68 Å². The third-order valence-electron chi connectivity index (χ3n) is 5.18. The number of aromatic nitrogens is 2. The second-order valence-corrected chi connectivity index (χ2v) is 6.85. The van der Waals surface area contributed by atoms with Crippen LogP contribution in [0.25, 0.3) is 0 Å². The number of ether oxygens (including phenoxy) is 3. The molecule has 7 heteroatoms. The molecule has 0 saturated carbocycles. The molecule has 29 heavy (non-hydrogen) atoms. The highest BCUT2D eigenvalue weighted by molar-refractivity contribution is 5.94. The number of hydrogen-bond acceptors (Lipinski definition) is 5. The number of methoxy groups -OCH3 is 3. The van der Waals surface area contributed by atoms with Crippen LogP contribution < -0.4 is 19.5 Å². The minimum Gasteiger partial charge on any atom is -0.496 e. The van der Waals surface area contributed by atoms with Crippen LogP contribution in [0.1, 0.15) is 29.0 Å². The number of amides is 1. The normalized spacial score (nSPS) is 15.4. The number of nitrogens with one attached hydrogen (secondary N) is 1. The van der Waals surface area contributed by atoms with Crippen molar-refractivity contribution in [3.63, 3.8) is 0 Å². The summed E-state index contributed by atoms with van der Waals surface area (Å²) < 4.78 is 18.3. The highest BCUT2D eigenvalue weighted by Crippen LogP contribution is 2.44. The molecule has 0 fully saturated rings. The number of carbonyl (C=O) groups excluding carboxylic acids is 1. The number of benzene rings is 2. The summed E-state index contributed by atoms with van der Waals surface area (Å²) in [6, 6.07) is 13.7. The molecule has 1 aliphatic rings. The highest BCUT2D eigenvalue weighted by atomic mass is 16.5. The Kier molecular flexibility index (Phi) is 5.12. The summed E-state index contributed by atoms with van der Waals surface area (Å²) in [5, 5.41) is 7.52. The van der Waals surface area contributed by atoms with E-state index in [9.17, 15) is 4.79 Å². The highest BCUT2D eigenvalue weighted by Gasteiger charge is 2.32. The molecule has 0 spiro atoms. The fourth-order valence-corrected chi connectivity index (χ4v) is 3.75. The predicted molar refractivity (Wildman–Crippen MR) is 109 cm³/mol. The Balaban J connectivity index is 1.77. The van der Waals surface area contributed by atoms with Crippen molar-refractivity contribution < 1.29 is 19.0 Å². The van der Waals surface area contributed by atoms with Crippen molar-refractivity contribution >= 4 is 11.7 Å². The van der Waals surface area contributed by atoms with E-state index >= 15 is 0 Å². The summed E-state index contributed by atoms with van der Waals surface area (Å²) in [4.78, 5) is 12.5. The topological polar surface area (TPSA) is 74.6 Å². The summed E-state index contributed by atoms with van der Waals surface area (Å²) in [6.45, 7) is 0.576. The van der Waals surface area contributed by atoms with Crippen LogP contribution in [0.5, 0.6) is 17.2 Å². The number of hydrogen-bond donors (Lipinski definition) is 1. The molecule has 0 radical (unpaired) electrons. The Morgan fingerprint density at radius 3 is 2.38 bits per heavy atom. The van der Waals surface area contributed by atoms with Crippen LogP contribution in [0, 0.1) is 0 Å². The Bertz CT molecular complexity index is 1030. The van der Waals surface area contributed by atoms with Gasteiger partial charge in [-0.05, 0) is 11.6 Å². The van der Waals surface area contributed by atoms with Crippen LogP contribution in [0.3, 0.4) is 0 Å². The summed E-state index contributed by atoms with van der Waals surface area (Å²) in [5.74, 6) is 2.27. The van der Waals surface area contributed by atoms with E-state index in [0.29, 0.717) is 36.0 Å². The first-order valence-corrected chi connectivity index (χ1v) is 9.34.